The van der Waals surface area contributed by atoms with E-state index in [9.17, 15) is 10.0 Å². The van der Waals surface area contributed by atoms with E-state index in [2.05, 4.69) is 0 Å². The van der Waals surface area contributed by atoms with E-state index in [0.717, 1.165) is 5.69 Å². The van der Waals surface area contributed by atoms with Crippen LogP contribution in [0.3, 0.4) is 0 Å². The Balaban J connectivity index is 1.98. The van der Waals surface area contributed by atoms with Gasteiger partial charge in [0, 0.05) is 38.0 Å². The first-order valence-corrected chi connectivity index (χ1v) is 7.16. The van der Waals surface area contributed by atoms with Crippen LogP contribution in [0.25, 0.3) is 11.0 Å². The van der Waals surface area contributed by atoms with E-state index in [4.69, 9.17) is 4.42 Å². The van der Waals surface area contributed by atoms with Gasteiger partial charge in [-0.25, -0.2) is 0 Å². The Labute approximate surface area is 133 Å². The van der Waals surface area contributed by atoms with Crippen LogP contribution in [0.15, 0.2) is 63.8 Å². The van der Waals surface area contributed by atoms with Crippen LogP contribution in [0.4, 0.5) is 11.4 Å². The van der Waals surface area contributed by atoms with Crippen LogP contribution in [-0.4, -0.2) is 25.0 Å². The van der Waals surface area contributed by atoms with Crippen molar-refractivity contribution in [3.05, 3.63) is 75.8 Å². The zero-order chi connectivity index (χ0) is 16.4. The highest BCUT2D eigenvalue weighted by Gasteiger charge is 2.07. The fraction of sp³-hybridized carbons (Fsp3) is 0.111. The van der Waals surface area contributed by atoms with Gasteiger partial charge in [-0.2, -0.15) is 4.74 Å². The summed E-state index contributed by atoms with van der Waals surface area (Å²) in [5.74, 6) is 0.223. The van der Waals surface area contributed by atoms with E-state index in [0.29, 0.717) is 21.4 Å². The van der Waals surface area contributed by atoms with Gasteiger partial charge in [0.15, 0.2) is 11.2 Å². The van der Waals surface area contributed by atoms with E-state index < -0.39 is 0 Å². The molecule has 3 aromatic rings. The van der Waals surface area contributed by atoms with Crippen molar-refractivity contribution in [1.29, 1.82) is 0 Å². The summed E-state index contributed by atoms with van der Waals surface area (Å²) in [6.07, 6.45) is 1.26. The Hall–Kier alpha value is -3.08. The summed E-state index contributed by atoms with van der Waals surface area (Å²) < 4.78 is 6.28. The second kappa shape index (κ2) is 5.96. The molecule has 0 unspecified atom stereocenters. The van der Waals surface area contributed by atoms with Crippen LogP contribution in [0, 0.1) is 5.21 Å². The molecule has 3 rings (SSSR count). The van der Waals surface area contributed by atoms with Crippen LogP contribution in [0.5, 0.6) is 0 Å². The molecule has 0 N–H and O–H groups in total. The summed E-state index contributed by atoms with van der Waals surface area (Å²) in [5, 5.41) is 12.7. The summed E-state index contributed by atoms with van der Waals surface area (Å²) in [6, 6.07) is 15.4. The van der Waals surface area contributed by atoms with Crippen molar-refractivity contribution in [2.45, 2.75) is 0 Å². The average Bonchev–Trinajstić information content (AvgIpc) is 2.55. The van der Waals surface area contributed by atoms with Gasteiger partial charge >= 0.3 is 0 Å². The molecule has 0 saturated carbocycles. The number of hydrogen-bond donors (Lipinski definition) is 0. The summed E-state index contributed by atoms with van der Waals surface area (Å²) in [6.45, 7) is 0. The lowest BCUT2D eigenvalue weighted by Gasteiger charge is -2.12. The van der Waals surface area contributed by atoms with Crippen molar-refractivity contribution in [2.75, 3.05) is 19.0 Å². The number of nitrogens with zero attached hydrogens (tertiary/aromatic N) is 2. The smallest absolute Gasteiger partial charge is 0.223 e. The van der Waals surface area contributed by atoms with Crippen molar-refractivity contribution in [1.82, 2.24) is 0 Å². The van der Waals surface area contributed by atoms with Crippen molar-refractivity contribution < 1.29 is 9.16 Å². The summed E-state index contributed by atoms with van der Waals surface area (Å²) >= 11 is 0. The minimum atomic E-state index is -0.172. The van der Waals surface area contributed by atoms with Crippen LogP contribution in [0.1, 0.15) is 5.76 Å². The highest BCUT2D eigenvalue weighted by molar-refractivity contribution is 5.81. The summed E-state index contributed by atoms with van der Waals surface area (Å²) in [4.78, 5) is 14.0. The third-order valence-corrected chi connectivity index (χ3v) is 3.52. The highest BCUT2D eigenvalue weighted by atomic mass is 16.5. The van der Waals surface area contributed by atoms with Crippen LogP contribution < -0.4 is 10.3 Å². The predicted octanol–water partition coefficient (Wildman–Crippen LogP) is 3.12. The van der Waals surface area contributed by atoms with E-state index in [1.54, 1.807) is 36.4 Å². The normalized spacial score (nSPS) is 11.7. The standard InChI is InChI=1S/C18H16N2O3/c1-19(2)13-7-9-14(10-8-13)20(22)12-15-11-17(21)16-5-3-4-6-18(16)23-15/h3-12H,1-2H3/b20-12-. The van der Waals surface area contributed by atoms with E-state index in [1.807, 2.05) is 31.1 Å². The Kier molecular flexibility index (Phi) is 3.85. The van der Waals surface area contributed by atoms with Crippen LogP contribution in [-0.2, 0) is 0 Å². The fourth-order valence-corrected chi connectivity index (χ4v) is 2.27. The first kappa shape index (κ1) is 14.8. The molecule has 0 saturated heterocycles. The minimum absolute atomic E-state index is 0.172. The maximum atomic E-state index is 12.2. The highest BCUT2D eigenvalue weighted by Crippen LogP contribution is 2.18. The average molecular weight is 308 g/mol. The lowest BCUT2D eigenvalue weighted by Crippen LogP contribution is -2.08. The minimum Gasteiger partial charge on any atom is -0.618 e. The monoisotopic (exact) mass is 308 g/mol. The molecule has 23 heavy (non-hydrogen) atoms. The molecule has 0 spiro atoms. The molecular weight excluding hydrogens is 292 g/mol. The molecule has 0 bridgehead atoms. The number of anilines is 1. The van der Waals surface area contributed by atoms with Gasteiger partial charge in [0.25, 0.3) is 0 Å². The summed E-state index contributed by atoms with van der Waals surface area (Å²) in [5.41, 5.74) is 1.75. The first-order chi connectivity index (χ1) is 11.0. The second-order valence-corrected chi connectivity index (χ2v) is 5.37. The third kappa shape index (κ3) is 3.08. The molecule has 5 nitrogen and oxygen atoms in total. The van der Waals surface area contributed by atoms with E-state index in [1.165, 1.54) is 12.3 Å². The van der Waals surface area contributed by atoms with E-state index in [-0.39, 0.29) is 11.2 Å². The lowest BCUT2D eigenvalue weighted by molar-refractivity contribution is -0.354. The van der Waals surface area contributed by atoms with Crippen molar-refractivity contribution in [3.63, 3.8) is 0 Å². The molecule has 116 valence electrons. The zero-order valence-electron chi connectivity index (χ0n) is 12.9. The van der Waals surface area contributed by atoms with E-state index >= 15 is 0 Å². The Bertz CT molecular complexity index is 925. The molecule has 0 radical (unpaired) electrons. The van der Waals surface area contributed by atoms with Gasteiger partial charge in [0.2, 0.25) is 11.9 Å². The molecule has 0 aliphatic rings. The molecule has 0 atom stereocenters. The maximum absolute atomic E-state index is 12.2. The van der Waals surface area contributed by atoms with Gasteiger partial charge in [0.05, 0.1) is 5.39 Å². The van der Waals surface area contributed by atoms with Gasteiger partial charge in [-0.05, 0) is 24.3 Å². The molecule has 1 heterocycles. The van der Waals surface area contributed by atoms with Gasteiger partial charge in [-0.3, -0.25) is 4.79 Å². The largest absolute Gasteiger partial charge is 0.618 e. The van der Waals surface area contributed by atoms with Crippen LogP contribution in [0.2, 0.25) is 0 Å². The molecule has 0 aliphatic carbocycles. The number of fused-ring (bicyclic) bond motifs is 1. The van der Waals surface area contributed by atoms with Gasteiger partial charge in [-0.1, -0.05) is 12.1 Å². The number of benzene rings is 2. The number of hydrogen-bond acceptors (Lipinski definition) is 4. The maximum Gasteiger partial charge on any atom is 0.223 e. The second-order valence-electron chi connectivity index (χ2n) is 5.37. The lowest BCUT2D eigenvalue weighted by atomic mass is 10.2. The SMILES string of the molecule is CN(C)c1ccc(/[N+]([O-])=C/c2cc(=O)c3ccccc3o2)cc1. The van der Waals surface area contributed by atoms with Gasteiger partial charge < -0.3 is 14.5 Å². The van der Waals surface area contributed by atoms with Crippen LogP contribution >= 0.6 is 0 Å². The molecule has 1 aromatic heterocycles. The molecule has 2 aromatic carbocycles. The Morgan fingerprint density at radius 2 is 1.78 bits per heavy atom. The quantitative estimate of drug-likeness (QED) is 0.323. The van der Waals surface area contributed by atoms with Crippen molar-refractivity contribution in [3.8, 4) is 0 Å². The summed E-state index contributed by atoms with van der Waals surface area (Å²) in [7, 11) is 3.86. The topological polar surface area (TPSA) is 59.5 Å². The molecule has 0 amide bonds. The molecule has 5 heteroatoms. The van der Waals surface area contributed by atoms with Gasteiger partial charge in [-0.15, -0.1) is 0 Å². The van der Waals surface area contributed by atoms with Crippen molar-refractivity contribution in [2.24, 2.45) is 0 Å². The predicted molar refractivity (Wildman–Crippen MR) is 91.7 cm³/mol. The fourth-order valence-electron chi connectivity index (χ4n) is 2.27. The number of rotatable bonds is 3. The molecule has 0 aliphatic heterocycles. The van der Waals surface area contributed by atoms with Crippen molar-refractivity contribution >= 4 is 28.6 Å². The molecular formula is C18H16N2O3. The Morgan fingerprint density at radius 3 is 2.48 bits per heavy atom. The third-order valence-electron chi connectivity index (χ3n) is 3.52. The zero-order valence-corrected chi connectivity index (χ0v) is 12.9. The first-order valence-electron chi connectivity index (χ1n) is 7.16. The number of para-hydroxylation sites is 1. The molecule has 0 fully saturated rings. The Morgan fingerprint density at radius 1 is 1.09 bits per heavy atom. The van der Waals surface area contributed by atoms with Gasteiger partial charge in [0.1, 0.15) is 5.58 Å².